The third-order valence-corrected chi connectivity index (χ3v) is 4.04. The Morgan fingerprint density at radius 3 is 2.75 bits per heavy atom. The van der Waals surface area contributed by atoms with Crippen LogP contribution in [0.2, 0.25) is 0 Å². The lowest BCUT2D eigenvalue weighted by Gasteiger charge is -2.32. The SMILES string of the molecule is CSCCCN1CC(=O)NC(Cc2ccccc2)C1=O. The molecule has 0 aromatic heterocycles. The van der Waals surface area contributed by atoms with Gasteiger partial charge in [-0.1, -0.05) is 30.3 Å². The first kappa shape index (κ1) is 14.9. The van der Waals surface area contributed by atoms with Crippen molar-refractivity contribution in [2.75, 3.05) is 25.1 Å². The smallest absolute Gasteiger partial charge is 0.245 e. The zero-order valence-electron chi connectivity index (χ0n) is 11.7. The quantitative estimate of drug-likeness (QED) is 0.804. The third-order valence-electron chi connectivity index (χ3n) is 3.34. The number of carbonyl (C=O) groups excluding carboxylic acids is 2. The number of hydrogen-bond donors (Lipinski definition) is 1. The minimum absolute atomic E-state index is 0.0366. The highest BCUT2D eigenvalue weighted by atomic mass is 32.2. The first-order valence-electron chi connectivity index (χ1n) is 6.81. The summed E-state index contributed by atoms with van der Waals surface area (Å²) in [5.41, 5.74) is 1.07. The highest BCUT2D eigenvalue weighted by molar-refractivity contribution is 7.98. The predicted molar refractivity (Wildman–Crippen MR) is 81.7 cm³/mol. The Morgan fingerprint density at radius 2 is 2.05 bits per heavy atom. The molecule has 5 heteroatoms. The number of carbonyl (C=O) groups is 2. The van der Waals surface area contributed by atoms with Crippen molar-refractivity contribution in [2.45, 2.75) is 18.9 Å². The number of rotatable bonds is 6. The highest BCUT2D eigenvalue weighted by Gasteiger charge is 2.32. The van der Waals surface area contributed by atoms with E-state index >= 15 is 0 Å². The van der Waals surface area contributed by atoms with Crippen LogP contribution in [-0.4, -0.2) is 47.9 Å². The van der Waals surface area contributed by atoms with E-state index in [0.29, 0.717) is 13.0 Å². The van der Waals surface area contributed by atoms with E-state index in [1.807, 2.05) is 36.6 Å². The second kappa shape index (κ2) is 7.33. The maximum Gasteiger partial charge on any atom is 0.245 e. The maximum atomic E-state index is 12.4. The molecule has 108 valence electrons. The second-order valence-corrected chi connectivity index (χ2v) is 5.90. The molecule has 1 aromatic carbocycles. The van der Waals surface area contributed by atoms with E-state index < -0.39 is 6.04 Å². The molecule has 0 radical (unpaired) electrons. The molecular formula is C15H20N2O2S. The van der Waals surface area contributed by atoms with Gasteiger partial charge in [-0.05, 0) is 24.0 Å². The Labute approximate surface area is 123 Å². The summed E-state index contributed by atoms with van der Waals surface area (Å²) in [7, 11) is 0. The average molecular weight is 292 g/mol. The van der Waals surface area contributed by atoms with Crippen molar-refractivity contribution in [3.05, 3.63) is 35.9 Å². The van der Waals surface area contributed by atoms with E-state index in [1.54, 1.807) is 16.7 Å². The molecule has 0 bridgehead atoms. The molecule has 1 saturated heterocycles. The lowest BCUT2D eigenvalue weighted by Crippen LogP contribution is -2.58. The van der Waals surface area contributed by atoms with E-state index in [0.717, 1.165) is 17.7 Å². The van der Waals surface area contributed by atoms with Crippen LogP contribution in [0.15, 0.2) is 30.3 Å². The Hall–Kier alpha value is -1.49. The fourth-order valence-electron chi connectivity index (χ4n) is 2.35. The number of hydrogen-bond acceptors (Lipinski definition) is 3. The Bertz CT molecular complexity index is 464. The highest BCUT2D eigenvalue weighted by Crippen LogP contribution is 2.10. The Balaban J connectivity index is 1.97. The lowest BCUT2D eigenvalue weighted by atomic mass is 10.0. The van der Waals surface area contributed by atoms with Crippen molar-refractivity contribution in [1.82, 2.24) is 10.2 Å². The molecule has 1 aliphatic heterocycles. The van der Waals surface area contributed by atoms with Crippen molar-refractivity contribution < 1.29 is 9.59 Å². The van der Waals surface area contributed by atoms with Crippen molar-refractivity contribution in [2.24, 2.45) is 0 Å². The lowest BCUT2D eigenvalue weighted by molar-refractivity contribution is -0.144. The molecule has 1 unspecified atom stereocenters. The molecule has 2 amide bonds. The normalized spacial score (nSPS) is 19.1. The zero-order valence-corrected chi connectivity index (χ0v) is 12.5. The number of benzene rings is 1. The molecule has 1 heterocycles. The number of nitrogens with one attached hydrogen (secondary N) is 1. The molecule has 1 aliphatic rings. The second-order valence-electron chi connectivity index (χ2n) is 4.92. The third kappa shape index (κ3) is 4.00. The number of piperazine rings is 1. The van der Waals surface area contributed by atoms with Crippen molar-refractivity contribution >= 4 is 23.6 Å². The fraction of sp³-hybridized carbons (Fsp3) is 0.467. The van der Waals surface area contributed by atoms with Crippen LogP contribution in [0.25, 0.3) is 0 Å². The van der Waals surface area contributed by atoms with E-state index in [9.17, 15) is 9.59 Å². The summed E-state index contributed by atoms with van der Waals surface area (Å²) < 4.78 is 0. The molecule has 0 aliphatic carbocycles. The molecule has 0 saturated carbocycles. The van der Waals surface area contributed by atoms with E-state index in [4.69, 9.17) is 0 Å². The van der Waals surface area contributed by atoms with Crippen LogP contribution in [-0.2, 0) is 16.0 Å². The molecule has 4 nitrogen and oxygen atoms in total. The van der Waals surface area contributed by atoms with Gasteiger partial charge >= 0.3 is 0 Å². The predicted octanol–water partition coefficient (Wildman–Crippen LogP) is 1.31. The summed E-state index contributed by atoms with van der Waals surface area (Å²) in [6.07, 6.45) is 3.53. The van der Waals surface area contributed by atoms with Gasteiger partial charge in [-0.2, -0.15) is 11.8 Å². The molecule has 0 spiro atoms. The largest absolute Gasteiger partial charge is 0.342 e. The molecule has 1 fully saturated rings. The van der Waals surface area contributed by atoms with Gasteiger partial charge in [-0.3, -0.25) is 9.59 Å². The van der Waals surface area contributed by atoms with Crippen LogP contribution in [0.3, 0.4) is 0 Å². The maximum absolute atomic E-state index is 12.4. The van der Waals surface area contributed by atoms with Gasteiger partial charge in [0.1, 0.15) is 6.04 Å². The summed E-state index contributed by atoms with van der Waals surface area (Å²) in [6, 6.07) is 9.37. The van der Waals surface area contributed by atoms with Crippen LogP contribution in [0, 0.1) is 0 Å². The summed E-state index contributed by atoms with van der Waals surface area (Å²) in [4.78, 5) is 25.8. The molecule has 1 N–H and O–H groups in total. The summed E-state index contributed by atoms with van der Waals surface area (Å²) >= 11 is 1.76. The van der Waals surface area contributed by atoms with Crippen LogP contribution in [0.1, 0.15) is 12.0 Å². The van der Waals surface area contributed by atoms with Gasteiger partial charge in [0.25, 0.3) is 0 Å². The van der Waals surface area contributed by atoms with E-state index in [-0.39, 0.29) is 18.4 Å². The van der Waals surface area contributed by atoms with Crippen LogP contribution in [0.5, 0.6) is 0 Å². The molecule has 1 atom stereocenters. The molecule has 1 aromatic rings. The first-order chi connectivity index (χ1) is 9.70. The fourth-order valence-corrected chi connectivity index (χ4v) is 2.77. The minimum atomic E-state index is -0.423. The van der Waals surface area contributed by atoms with Crippen LogP contribution >= 0.6 is 11.8 Å². The average Bonchev–Trinajstić information content (AvgIpc) is 2.45. The van der Waals surface area contributed by atoms with E-state index in [1.165, 1.54) is 0 Å². The molecule has 20 heavy (non-hydrogen) atoms. The van der Waals surface area contributed by atoms with Gasteiger partial charge in [-0.15, -0.1) is 0 Å². The monoisotopic (exact) mass is 292 g/mol. The summed E-state index contributed by atoms with van der Waals surface area (Å²) in [6.45, 7) is 0.858. The number of nitrogens with zero attached hydrogens (tertiary/aromatic N) is 1. The topological polar surface area (TPSA) is 49.4 Å². The molecular weight excluding hydrogens is 272 g/mol. The first-order valence-corrected chi connectivity index (χ1v) is 8.21. The van der Waals surface area contributed by atoms with Gasteiger partial charge in [0.05, 0.1) is 6.54 Å². The van der Waals surface area contributed by atoms with Gasteiger partial charge < -0.3 is 10.2 Å². The van der Waals surface area contributed by atoms with Crippen molar-refractivity contribution in [3.63, 3.8) is 0 Å². The van der Waals surface area contributed by atoms with Gasteiger partial charge in [0.15, 0.2) is 0 Å². The van der Waals surface area contributed by atoms with Crippen LogP contribution in [0.4, 0.5) is 0 Å². The van der Waals surface area contributed by atoms with Crippen molar-refractivity contribution in [1.29, 1.82) is 0 Å². The summed E-state index contributed by atoms with van der Waals surface area (Å²) in [5, 5.41) is 2.80. The minimum Gasteiger partial charge on any atom is -0.342 e. The van der Waals surface area contributed by atoms with E-state index in [2.05, 4.69) is 5.32 Å². The number of amides is 2. The molecule has 2 rings (SSSR count). The van der Waals surface area contributed by atoms with Gasteiger partial charge in [0, 0.05) is 13.0 Å². The van der Waals surface area contributed by atoms with Crippen molar-refractivity contribution in [3.8, 4) is 0 Å². The van der Waals surface area contributed by atoms with Gasteiger partial charge in [-0.25, -0.2) is 0 Å². The Kier molecular flexibility index (Phi) is 5.47. The van der Waals surface area contributed by atoms with Crippen LogP contribution < -0.4 is 5.32 Å². The summed E-state index contributed by atoms with van der Waals surface area (Å²) in [5.74, 6) is 0.985. The standard InChI is InChI=1S/C15H20N2O2S/c1-20-9-5-8-17-11-14(18)16-13(15(17)19)10-12-6-3-2-4-7-12/h2-4,6-7,13H,5,8-11H2,1H3,(H,16,18). The van der Waals surface area contributed by atoms with Gasteiger partial charge in [0.2, 0.25) is 11.8 Å². The Morgan fingerprint density at radius 1 is 1.30 bits per heavy atom. The zero-order chi connectivity index (χ0) is 14.4. The number of thioether (sulfide) groups is 1.